The Hall–Kier alpha value is -2.00. The SMILES string of the molecule is O=C(O)/C=C/c1ccc(CSc2ccccc2)cc1. The Morgan fingerprint density at radius 3 is 2.37 bits per heavy atom. The molecule has 0 aliphatic heterocycles. The van der Waals surface area contributed by atoms with Gasteiger partial charge < -0.3 is 5.11 Å². The number of benzene rings is 2. The molecule has 3 heteroatoms. The van der Waals surface area contributed by atoms with Gasteiger partial charge in [-0.05, 0) is 29.3 Å². The molecule has 96 valence electrons. The second-order valence-corrected chi connectivity index (χ2v) is 5.06. The first-order valence-corrected chi connectivity index (χ1v) is 6.90. The number of thioether (sulfide) groups is 1. The average Bonchev–Trinajstić information content (AvgIpc) is 2.45. The molecule has 2 aromatic carbocycles. The van der Waals surface area contributed by atoms with Crippen molar-refractivity contribution < 1.29 is 9.90 Å². The first kappa shape index (κ1) is 13.4. The van der Waals surface area contributed by atoms with Crippen LogP contribution >= 0.6 is 11.8 Å². The summed E-state index contributed by atoms with van der Waals surface area (Å²) in [6.45, 7) is 0. The van der Waals surface area contributed by atoms with Crippen molar-refractivity contribution in [1.82, 2.24) is 0 Å². The van der Waals surface area contributed by atoms with Crippen molar-refractivity contribution in [2.75, 3.05) is 0 Å². The molecule has 2 nitrogen and oxygen atoms in total. The fourth-order valence-electron chi connectivity index (χ4n) is 1.58. The van der Waals surface area contributed by atoms with Crippen molar-refractivity contribution in [1.29, 1.82) is 0 Å². The molecule has 2 aromatic rings. The summed E-state index contributed by atoms with van der Waals surface area (Å²) in [5, 5.41) is 8.55. The predicted octanol–water partition coefficient (Wildman–Crippen LogP) is 4.08. The molecule has 0 amide bonds. The van der Waals surface area contributed by atoms with E-state index in [1.807, 2.05) is 42.5 Å². The van der Waals surface area contributed by atoms with Gasteiger partial charge in [0, 0.05) is 16.7 Å². The summed E-state index contributed by atoms with van der Waals surface area (Å²) in [6, 6.07) is 18.2. The van der Waals surface area contributed by atoms with Crippen molar-refractivity contribution in [3.63, 3.8) is 0 Å². The quantitative estimate of drug-likeness (QED) is 0.657. The van der Waals surface area contributed by atoms with Gasteiger partial charge in [-0.2, -0.15) is 0 Å². The fourth-order valence-corrected chi connectivity index (χ4v) is 2.45. The lowest BCUT2D eigenvalue weighted by Crippen LogP contribution is -1.86. The molecule has 0 unspecified atom stereocenters. The van der Waals surface area contributed by atoms with Gasteiger partial charge >= 0.3 is 5.97 Å². The van der Waals surface area contributed by atoms with Crippen molar-refractivity contribution in [2.24, 2.45) is 0 Å². The van der Waals surface area contributed by atoms with E-state index in [-0.39, 0.29) is 0 Å². The molecule has 0 atom stereocenters. The second-order valence-electron chi connectivity index (χ2n) is 4.01. The maximum atomic E-state index is 10.4. The zero-order chi connectivity index (χ0) is 13.5. The third kappa shape index (κ3) is 4.64. The highest BCUT2D eigenvalue weighted by molar-refractivity contribution is 7.98. The van der Waals surface area contributed by atoms with E-state index >= 15 is 0 Å². The highest BCUT2D eigenvalue weighted by atomic mass is 32.2. The molecule has 0 aliphatic carbocycles. The lowest BCUT2D eigenvalue weighted by atomic mass is 10.1. The standard InChI is InChI=1S/C16H14O2S/c17-16(18)11-10-13-6-8-14(9-7-13)12-19-15-4-2-1-3-5-15/h1-11H,12H2,(H,17,18)/b11-10+. The Morgan fingerprint density at radius 2 is 1.74 bits per heavy atom. The van der Waals surface area contributed by atoms with Gasteiger partial charge in [-0.3, -0.25) is 0 Å². The highest BCUT2D eigenvalue weighted by Gasteiger charge is 1.96. The maximum Gasteiger partial charge on any atom is 0.328 e. The molecule has 0 saturated heterocycles. The van der Waals surface area contributed by atoms with Crippen LogP contribution in [0.15, 0.2) is 65.6 Å². The van der Waals surface area contributed by atoms with Gasteiger partial charge in [0.15, 0.2) is 0 Å². The number of carboxylic acid groups (broad SMARTS) is 1. The van der Waals surface area contributed by atoms with Crippen LogP contribution in [0.1, 0.15) is 11.1 Å². The zero-order valence-electron chi connectivity index (χ0n) is 10.3. The lowest BCUT2D eigenvalue weighted by molar-refractivity contribution is -0.131. The van der Waals surface area contributed by atoms with Crippen LogP contribution in [0, 0.1) is 0 Å². The Bertz CT molecular complexity index is 559. The molecule has 0 radical (unpaired) electrons. The summed E-state index contributed by atoms with van der Waals surface area (Å²) in [4.78, 5) is 11.7. The van der Waals surface area contributed by atoms with E-state index in [1.165, 1.54) is 10.5 Å². The average molecular weight is 270 g/mol. The molecule has 0 saturated carbocycles. The van der Waals surface area contributed by atoms with E-state index in [1.54, 1.807) is 17.8 Å². The van der Waals surface area contributed by atoms with Crippen LogP contribution in [0.5, 0.6) is 0 Å². The zero-order valence-corrected chi connectivity index (χ0v) is 11.1. The summed E-state index contributed by atoms with van der Waals surface area (Å²) in [5.74, 6) is -0.0175. The number of carboxylic acids is 1. The number of hydrogen-bond donors (Lipinski definition) is 1. The Balaban J connectivity index is 1.94. The van der Waals surface area contributed by atoms with Crippen LogP contribution in [0.4, 0.5) is 0 Å². The molecule has 19 heavy (non-hydrogen) atoms. The molecular weight excluding hydrogens is 256 g/mol. The predicted molar refractivity (Wildman–Crippen MR) is 79.1 cm³/mol. The summed E-state index contributed by atoms with van der Waals surface area (Å²) < 4.78 is 0. The van der Waals surface area contributed by atoms with Crippen LogP contribution in [0.3, 0.4) is 0 Å². The van der Waals surface area contributed by atoms with E-state index in [9.17, 15) is 4.79 Å². The minimum atomic E-state index is -0.927. The molecule has 0 fully saturated rings. The number of hydrogen-bond acceptors (Lipinski definition) is 2. The van der Waals surface area contributed by atoms with Crippen LogP contribution < -0.4 is 0 Å². The van der Waals surface area contributed by atoms with Gasteiger partial charge in [0.2, 0.25) is 0 Å². The monoisotopic (exact) mass is 270 g/mol. The van der Waals surface area contributed by atoms with Crippen LogP contribution in [-0.4, -0.2) is 11.1 Å². The molecule has 0 bridgehead atoms. The normalized spacial score (nSPS) is 10.7. The third-order valence-electron chi connectivity index (χ3n) is 2.55. The Labute approximate surface area is 116 Å². The van der Waals surface area contributed by atoms with Gasteiger partial charge in [-0.15, -0.1) is 11.8 Å². The van der Waals surface area contributed by atoms with Crippen molar-refractivity contribution in [2.45, 2.75) is 10.6 Å². The summed E-state index contributed by atoms with van der Waals surface area (Å²) >= 11 is 1.79. The molecule has 1 N–H and O–H groups in total. The van der Waals surface area contributed by atoms with Crippen molar-refractivity contribution >= 4 is 23.8 Å². The number of aliphatic carboxylic acids is 1. The first-order valence-electron chi connectivity index (χ1n) is 5.92. The maximum absolute atomic E-state index is 10.4. The summed E-state index contributed by atoms with van der Waals surface area (Å²) in [7, 11) is 0. The van der Waals surface area contributed by atoms with E-state index in [0.29, 0.717) is 0 Å². The molecule has 0 aromatic heterocycles. The van der Waals surface area contributed by atoms with Gasteiger partial charge in [0.25, 0.3) is 0 Å². The Morgan fingerprint density at radius 1 is 1.05 bits per heavy atom. The lowest BCUT2D eigenvalue weighted by Gasteiger charge is -2.02. The Kier molecular flexibility index (Phi) is 4.81. The first-order chi connectivity index (χ1) is 9.24. The summed E-state index contributed by atoms with van der Waals surface area (Å²) in [6.07, 6.45) is 2.74. The molecule has 0 aliphatic rings. The fraction of sp³-hybridized carbons (Fsp3) is 0.0625. The van der Waals surface area contributed by atoms with Gasteiger partial charge in [0.05, 0.1) is 0 Å². The van der Waals surface area contributed by atoms with Gasteiger partial charge in [-0.1, -0.05) is 42.5 Å². The minimum absolute atomic E-state index is 0.899. The third-order valence-corrected chi connectivity index (χ3v) is 3.63. The van der Waals surface area contributed by atoms with Gasteiger partial charge in [-0.25, -0.2) is 4.79 Å². The number of rotatable bonds is 5. The largest absolute Gasteiger partial charge is 0.478 e. The van der Waals surface area contributed by atoms with Gasteiger partial charge in [0.1, 0.15) is 0 Å². The molecule has 0 heterocycles. The van der Waals surface area contributed by atoms with E-state index < -0.39 is 5.97 Å². The van der Waals surface area contributed by atoms with Crippen LogP contribution in [0.2, 0.25) is 0 Å². The highest BCUT2D eigenvalue weighted by Crippen LogP contribution is 2.22. The van der Waals surface area contributed by atoms with Crippen molar-refractivity contribution in [3.8, 4) is 0 Å². The number of carbonyl (C=O) groups is 1. The molecular formula is C16H14O2S. The van der Waals surface area contributed by atoms with E-state index in [4.69, 9.17) is 5.11 Å². The molecule has 2 rings (SSSR count). The molecule has 0 spiro atoms. The summed E-state index contributed by atoms with van der Waals surface area (Å²) in [5.41, 5.74) is 2.12. The second kappa shape index (κ2) is 6.81. The van der Waals surface area contributed by atoms with Crippen molar-refractivity contribution in [3.05, 3.63) is 71.8 Å². The van der Waals surface area contributed by atoms with Crippen LogP contribution in [0.25, 0.3) is 6.08 Å². The van der Waals surface area contributed by atoms with E-state index in [0.717, 1.165) is 17.4 Å². The smallest absolute Gasteiger partial charge is 0.328 e. The topological polar surface area (TPSA) is 37.3 Å². The van der Waals surface area contributed by atoms with Crippen LogP contribution in [-0.2, 0) is 10.5 Å². The minimum Gasteiger partial charge on any atom is -0.478 e. The van der Waals surface area contributed by atoms with E-state index in [2.05, 4.69) is 12.1 Å².